The van der Waals surface area contributed by atoms with E-state index in [4.69, 9.17) is 14.2 Å². The Hall–Kier alpha value is -0.630. The molecule has 0 saturated carbocycles. The molecular weight excluding hydrogens is 736 g/mol. The van der Waals surface area contributed by atoms with E-state index in [2.05, 4.69) is 38.8 Å². The molecule has 48 heavy (non-hydrogen) atoms. The molecule has 0 N–H and O–H groups in total. The van der Waals surface area contributed by atoms with E-state index in [9.17, 15) is 14.4 Å². The van der Waals surface area contributed by atoms with Crippen LogP contribution in [0.25, 0.3) is 0 Å². The van der Waals surface area contributed by atoms with Crippen molar-refractivity contribution in [3.8, 4) is 0 Å². The number of hydrogen-bond donors (Lipinski definition) is 0. The lowest BCUT2D eigenvalue weighted by Crippen LogP contribution is -2.39. The molecule has 0 spiro atoms. The monoisotopic (exact) mass is 808 g/mol. The zero-order chi connectivity index (χ0) is 35.4. The van der Waals surface area contributed by atoms with Crippen LogP contribution in [-0.2, 0) is 28.6 Å². The quantitative estimate of drug-likeness (QED) is 0.0269. The average molecular weight is 811 g/mol. The molecule has 8 heteroatoms. The van der Waals surface area contributed by atoms with Crippen LogP contribution in [0.1, 0.15) is 200 Å². The van der Waals surface area contributed by atoms with Gasteiger partial charge in [0, 0.05) is 29.9 Å². The largest absolute Gasteiger partial charge is 0.465 e. The van der Waals surface area contributed by atoms with Crippen LogP contribution in [0.15, 0.2) is 0 Å². The van der Waals surface area contributed by atoms with Gasteiger partial charge in [-0.3, -0.25) is 14.4 Å². The van der Waals surface area contributed by atoms with Gasteiger partial charge in [-0.15, -0.1) is 0 Å². The number of unbranched alkanes of at least 4 members (excludes halogenated alkanes) is 22. The van der Waals surface area contributed by atoms with Crippen molar-refractivity contribution < 1.29 is 28.6 Å². The van der Waals surface area contributed by atoms with Crippen molar-refractivity contribution in [2.75, 3.05) is 30.5 Å². The second kappa shape index (κ2) is 36.2. The first-order valence-corrected chi connectivity index (χ1v) is 22.3. The zero-order valence-electron chi connectivity index (χ0n) is 31.2. The van der Waals surface area contributed by atoms with Crippen LogP contribution in [-0.4, -0.2) is 48.4 Å². The topological polar surface area (TPSA) is 78.9 Å². The fourth-order valence-electron chi connectivity index (χ4n) is 5.78. The van der Waals surface area contributed by atoms with E-state index in [-0.39, 0.29) is 37.7 Å². The third-order valence-corrected chi connectivity index (χ3v) is 10.5. The van der Waals surface area contributed by atoms with Crippen molar-refractivity contribution in [2.45, 2.75) is 200 Å². The summed E-state index contributed by atoms with van der Waals surface area (Å²) in [5, 5.41) is 2.16. The highest BCUT2D eigenvalue weighted by Gasteiger charge is 2.34. The van der Waals surface area contributed by atoms with Gasteiger partial charge in [0.2, 0.25) is 0 Å². The number of hydrogen-bond acceptors (Lipinski definition) is 6. The lowest BCUT2D eigenvalue weighted by atomic mass is 9.88. The summed E-state index contributed by atoms with van der Waals surface area (Å²) < 4.78 is 17.2. The standard InChI is InChI=1S/C40H74Br2O6/c1-3-5-6-7-8-9-14-19-24-29-37(43)46-34-40(4-2,35-47-38(44)30-25-20-15-10-12-17-22-27-32-41)36-48-39(45)31-26-21-16-11-13-18-23-28-33-42/h3-36H2,1-2H3. The molecular formula is C40H74Br2O6. The van der Waals surface area contributed by atoms with E-state index < -0.39 is 5.41 Å². The minimum atomic E-state index is -0.732. The molecule has 0 amide bonds. The lowest BCUT2D eigenvalue weighted by molar-refractivity contribution is -0.162. The molecule has 0 aliphatic carbocycles. The van der Waals surface area contributed by atoms with Crippen LogP contribution in [0.3, 0.4) is 0 Å². The highest BCUT2D eigenvalue weighted by atomic mass is 79.9. The Kier molecular flexibility index (Phi) is 35.7. The fraction of sp³-hybridized carbons (Fsp3) is 0.925. The van der Waals surface area contributed by atoms with E-state index in [0.717, 1.165) is 68.4 Å². The molecule has 0 aromatic heterocycles. The number of rotatable bonds is 37. The summed E-state index contributed by atoms with van der Waals surface area (Å²) >= 11 is 6.96. The maximum absolute atomic E-state index is 12.6. The van der Waals surface area contributed by atoms with Crippen molar-refractivity contribution in [3.05, 3.63) is 0 Å². The van der Waals surface area contributed by atoms with Crippen LogP contribution in [0.5, 0.6) is 0 Å². The Morgan fingerprint density at radius 2 is 0.646 bits per heavy atom. The minimum absolute atomic E-state index is 0.0869. The summed E-state index contributed by atoms with van der Waals surface area (Å²) in [7, 11) is 0. The number of alkyl halides is 2. The third-order valence-electron chi connectivity index (χ3n) is 9.38. The summed E-state index contributed by atoms with van der Waals surface area (Å²) in [4.78, 5) is 37.9. The van der Waals surface area contributed by atoms with Crippen LogP contribution in [0.2, 0.25) is 0 Å². The van der Waals surface area contributed by atoms with E-state index in [1.165, 1.54) is 103 Å². The summed E-state index contributed by atoms with van der Waals surface area (Å²) in [5.41, 5.74) is -0.732. The van der Waals surface area contributed by atoms with Gasteiger partial charge in [0.05, 0.1) is 5.41 Å². The first-order chi connectivity index (χ1) is 23.4. The van der Waals surface area contributed by atoms with Gasteiger partial charge in [0.25, 0.3) is 0 Å². The molecule has 0 bridgehead atoms. The molecule has 0 radical (unpaired) electrons. The summed E-state index contributed by atoms with van der Waals surface area (Å²) in [6.45, 7) is 4.48. The highest BCUT2D eigenvalue weighted by molar-refractivity contribution is 9.09. The molecule has 0 fully saturated rings. The molecule has 0 atom stereocenters. The van der Waals surface area contributed by atoms with Gasteiger partial charge in [0.1, 0.15) is 19.8 Å². The van der Waals surface area contributed by atoms with Crippen LogP contribution in [0.4, 0.5) is 0 Å². The maximum Gasteiger partial charge on any atom is 0.305 e. The number of carbonyl (C=O) groups is 3. The molecule has 0 aliphatic heterocycles. The first-order valence-electron chi connectivity index (χ1n) is 20.0. The van der Waals surface area contributed by atoms with Crippen molar-refractivity contribution >= 4 is 49.8 Å². The van der Waals surface area contributed by atoms with E-state index in [1.807, 2.05) is 6.92 Å². The predicted molar refractivity (Wildman–Crippen MR) is 208 cm³/mol. The summed E-state index contributed by atoms with van der Waals surface area (Å²) in [5.74, 6) is -0.692. The third kappa shape index (κ3) is 31.4. The Morgan fingerprint density at radius 3 is 0.896 bits per heavy atom. The number of halogens is 2. The van der Waals surface area contributed by atoms with Gasteiger partial charge in [0.15, 0.2) is 0 Å². The van der Waals surface area contributed by atoms with Crippen molar-refractivity contribution in [3.63, 3.8) is 0 Å². The molecule has 284 valence electrons. The van der Waals surface area contributed by atoms with Gasteiger partial charge in [-0.1, -0.05) is 174 Å². The molecule has 0 saturated heterocycles. The van der Waals surface area contributed by atoms with Gasteiger partial charge in [-0.25, -0.2) is 0 Å². The van der Waals surface area contributed by atoms with Crippen LogP contribution < -0.4 is 0 Å². The van der Waals surface area contributed by atoms with Gasteiger partial charge in [-0.2, -0.15) is 0 Å². The number of ether oxygens (including phenoxy) is 3. The number of esters is 3. The highest BCUT2D eigenvalue weighted by Crippen LogP contribution is 2.26. The molecule has 6 nitrogen and oxygen atoms in total. The van der Waals surface area contributed by atoms with Gasteiger partial charge >= 0.3 is 17.9 Å². The van der Waals surface area contributed by atoms with Crippen LogP contribution in [0, 0.1) is 5.41 Å². The molecule has 0 heterocycles. The average Bonchev–Trinajstić information content (AvgIpc) is 3.09. The first kappa shape index (κ1) is 47.4. The van der Waals surface area contributed by atoms with Crippen LogP contribution >= 0.6 is 31.9 Å². The second-order valence-corrected chi connectivity index (χ2v) is 15.5. The number of carbonyl (C=O) groups excluding carboxylic acids is 3. The Bertz CT molecular complexity index is 654. The van der Waals surface area contributed by atoms with Gasteiger partial charge < -0.3 is 14.2 Å². The normalized spacial score (nSPS) is 11.5. The zero-order valence-corrected chi connectivity index (χ0v) is 34.4. The maximum atomic E-state index is 12.6. The van der Waals surface area contributed by atoms with Crippen molar-refractivity contribution in [1.29, 1.82) is 0 Å². The van der Waals surface area contributed by atoms with Crippen molar-refractivity contribution in [2.24, 2.45) is 5.41 Å². The summed E-state index contributed by atoms with van der Waals surface area (Å²) in [6.07, 6.45) is 30.9. The second-order valence-electron chi connectivity index (χ2n) is 13.9. The molecule has 0 aliphatic rings. The lowest BCUT2D eigenvalue weighted by Gasteiger charge is -2.31. The SMILES string of the molecule is CCCCCCCCCCCC(=O)OCC(CC)(COC(=O)CCCCCCCCCCBr)COC(=O)CCCCCCCCCCBr. The Labute approximate surface area is 313 Å². The fourth-order valence-corrected chi connectivity index (χ4v) is 6.57. The smallest absolute Gasteiger partial charge is 0.305 e. The van der Waals surface area contributed by atoms with Gasteiger partial charge in [-0.05, 0) is 38.5 Å². The van der Waals surface area contributed by atoms with E-state index >= 15 is 0 Å². The minimum Gasteiger partial charge on any atom is -0.465 e. The molecule has 0 aromatic rings. The Morgan fingerprint density at radius 1 is 0.396 bits per heavy atom. The Balaban J connectivity index is 4.65. The van der Waals surface area contributed by atoms with E-state index in [1.54, 1.807) is 0 Å². The molecule has 0 rings (SSSR count). The predicted octanol–water partition coefficient (Wildman–Crippen LogP) is 12.7. The molecule has 0 unspecified atom stereocenters. The molecule has 0 aromatic carbocycles. The summed E-state index contributed by atoms with van der Waals surface area (Å²) in [6, 6.07) is 0. The van der Waals surface area contributed by atoms with Crippen molar-refractivity contribution in [1.82, 2.24) is 0 Å². The van der Waals surface area contributed by atoms with E-state index in [0.29, 0.717) is 25.7 Å².